The van der Waals surface area contributed by atoms with Crippen molar-refractivity contribution in [1.82, 2.24) is 10.6 Å². The van der Waals surface area contributed by atoms with E-state index >= 15 is 0 Å². The van der Waals surface area contributed by atoms with Gasteiger partial charge in [-0.25, -0.2) is 0 Å². The molecule has 5 heteroatoms. The standard InChI is InChI=1S/C13H17N3O2/c1-8-9(4-2-5-10(8)14)12(17)16-11-6-3-7-15-13(11)18/h2,4-5,11H,3,6-7,14H2,1H3,(H,15,18)(H,16,17). The number of rotatable bonds is 2. The van der Waals surface area contributed by atoms with Crippen LogP contribution in [0.5, 0.6) is 0 Å². The van der Waals surface area contributed by atoms with Crippen molar-refractivity contribution in [3.8, 4) is 0 Å². The molecule has 1 aromatic rings. The van der Waals surface area contributed by atoms with Gasteiger partial charge in [-0.15, -0.1) is 0 Å². The fourth-order valence-corrected chi connectivity index (χ4v) is 2.05. The zero-order chi connectivity index (χ0) is 13.1. The van der Waals surface area contributed by atoms with E-state index in [2.05, 4.69) is 10.6 Å². The average molecular weight is 247 g/mol. The molecule has 2 rings (SSSR count). The van der Waals surface area contributed by atoms with E-state index in [4.69, 9.17) is 5.73 Å². The van der Waals surface area contributed by atoms with Crippen molar-refractivity contribution in [2.24, 2.45) is 0 Å². The van der Waals surface area contributed by atoms with Crippen LogP contribution in [0.4, 0.5) is 5.69 Å². The van der Waals surface area contributed by atoms with E-state index in [9.17, 15) is 9.59 Å². The molecule has 2 amide bonds. The van der Waals surface area contributed by atoms with Crippen molar-refractivity contribution in [1.29, 1.82) is 0 Å². The van der Waals surface area contributed by atoms with Gasteiger partial charge in [0.25, 0.3) is 5.91 Å². The van der Waals surface area contributed by atoms with E-state index in [1.54, 1.807) is 25.1 Å². The number of benzene rings is 1. The highest BCUT2D eigenvalue weighted by Crippen LogP contribution is 2.16. The van der Waals surface area contributed by atoms with Crippen molar-refractivity contribution in [3.63, 3.8) is 0 Å². The van der Waals surface area contributed by atoms with Gasteiger partial charge in [-0.3, -0.25) is 9.59 Å². The average Bonchev–Trinajstić information content (AvgIpc) is 2.35. The third kappa shape index (κ3) is 2.45. The number of amides is 2. The third-order valence-corrected chi connectivity index (χ3v) is 3.21. The van der Waals surface area contributed by atoms with Crippen LogP contribution in [-0.2, 0) is 4.79 Å². The zero-order valence-electron chi connectivity index (χ0n) is 10.3. The Kier molecular flexibility index (Phi) is 3.50. The maximum Gasteiger partial charge on any atom is 0.252 e. The number of anilines is 1. The molecule has 4 N–H and O–H groups in total. The van der Waals surface area contributed by atoms with Crippen LogP contribution >= 0.6 is 0 Å². The summed E-state index contributed by atoms with van der Waals surface area (Å²) in [4.78, 5) is 23.6. The summed E-state index contributed by atoms with van der Waals surface area (Å²) in [5.74, 6) is -0.363. The quantitative estimate of drug-likeness (QED) is 0.669. The molecule has 1 heterocycles. The molecule has 1 unspecified atom stereocenters. The Labute approximate surface area is 106 Å². The molecule has 0 aromatic heterocycles. The van der Waals surface area contributed by atoms with E-state index in [0.29, 0.717) is 24.2 Å². The first kappa shape index (κ1) is 12.4. The van der Waals surface area contributed by atoms with Gasteiger partial charge >= 0.3 is 0 Å². The molecule has 1 aliphatic rings. The predicted molar refractivity (Wildman–Crippen MR) is 69.1 cm³/mol. The number of nitrogens with two attached hydrogens (primary N) is 1. The lowest BCUT2D eigenvalue weighted by Crippen LogP contribution is -2.50. The first-order valence-electron chi connectivity index (χ1n) is 6.03. The molecule has 0 radical (unpaired) electrons. The van der Waals surface area contributed by atoms with E-state index in [-0.39, 0.29) is 11.8 Å². The maximum atomic E-state index is 12.1. The number of hydrogen-bond donors (Lipinski definition) is 3. The monoisotopic (exact) mass is 247 g/mol. The third-order valence-electron chi connectivity index (χ3n) is 3.21. The first-order chi connectivity index (χ1) is 8.59. The molecule has 1 saturated heterocycles. The number of carbonyl (C=O) groups is 2. The van der Waals surface area contributed by atoms with E-state index in [1.807, 2.05) is 0 Å². The highest BCUT2D eigenvalue weighted by molar-refractivity contribution is 5.99. The lowest BCUT2D eigenvalue weighted by Gasteiger charge is -2.23. The van der Waals surface area contributed by atoms with Crippen molar-refractivity contribution < 1.29 is 9.59 Å². The lowest BCUT2D eigenvalue weighted by molar-refractivity contribution is -0.124. The molecule has 5 nitrogen and oxygen atoms in total. The summed E-state index contributed by atoms with van der Waals surface area (Å²) in [6.07, 6.45) is 1.56. The van der Waals surface area contributed by atoms with Gasteiger partial charge in [-0.05, 0) is 37.5 Å². The minimum Gasteiger partial charge on any atom is -0.398 e. The Morgan fingerprint density at radius 1 is 1.50 bits per heavy atom. The summed E-state index contributed by atoms with van der Waals surface area (Å²) < 4.78 is 0. The van der Waals surface area contributed by atoms with Gasteiger partial charge in [0.15, 0.2) is 0 Å². The molecule has 18 heavy (non-hydrogen) atoms. The predicted octanol–water partition coefficient (Wildman–Crippen LogP) is 0.586. The number of hydrogen-bond acceptors (Lipinski definition) is 3. The second-order valence-corrected chi connectivity index (χ2v) is 4.48. The van der Waals surface area contributed by atoms with Crippen LogP contribution < -0.4 is 16.4 Å². The molecular weight excluding hydrogens is 230 g/mol. The Morgan fingerprint density at radius 3 is 3.00 bits per heavy atom. The topological polar surface area (TPSA) is 84.2 Å². The largest absolute Gasteiger partial charge is 0.398 e. The Bertz CT molecular complexity index is 485. The summed E-state index contributed by atoms with van der Waals surface area (Å²) in [7, 11) is 0. The number of nitrogen functional groups attached to an aromatic ring is 1. The van der Waals surface area contributed by atoms with Crippen LogP contribution in [-0.4, -0.2) is 24.4 Å². The van der Waals surface area contributed by atoms with Crippen molar-refractivity contribution >= 4 is 17.5 Å². The van der Waals surface area contributed by atoms with Crippen molar-refractivity contribution in [3.05, 3.63) is 29.3 Å². The summed E-state index contributed by atoms with van der Waals surface area (Å²) >= 11 is 0. The van der Waals surface area contributed by atoms with Crippen LogP contribution in [0.25, 0.3) is 0 Å². The van der Waals surface area contributed by atoms with Crippen molar-refractivity contribution in [2.75, 3.05) is 12.3 Å². The first-order valence-corrected chi connectivity index (χ1v) is 6.03. The molecule has 1 aromatic carbocycles. The van der Waals surface area contributed by atoms with Gasteiger partial charge in [-0.2, -0.15) is 0 Å². The van der Waals surface area contributed by atoms with Gasteiger partial charge < -0.3 is 16.4 Å². The molecule has 1 fully saturated rings. The summed E-state index contributed by atoms with van der Waals surface area (Å²) in [5, 5.41) is 5.48. The van der Waals surface area contributed by atoms with Gasteiger partial charge in [0, 0.05) is 17.8 Å². The molecule has 0 saturated carbocycles. The SMILES string of the molecule is Cc1c(N)cccc1C(=O)NC1CCCNC1=O. The molecule has 0 aliphatic carbocycles. The zero-order valence-corrected chi connectivity index (χ0v) is 10.3. The fourth-order valence-electron chi connectivity index (χ4n) is 2.05. The molecule has 1 atom stereocenters. The van der Waals surface area contributed by atoms with Crippen LogP contribution in [0, 0.1) is 6.92 Å². The molecular formula is C13H17N3O2. The second kappa shape index (κ2) is 5.08. The molecule has 1 aliphatic heterocycles. The second-order valence-electron chi connectivity index (χ2n) is 4.48. The highest BCUT2D eigenvalue weighted by atomic mass is 16.2. The molecule has 0 spiro atoms. The highest BCUT2D eigenvalue weighted by Gasteiger charge is 2.24. The van der Waals surface area contributed by atoms with Crippen molar-refractivity contribution in [2.45, 2.75) is 25.8 Å². The normalized spacial score (nSPS) is 19.2. The Balaban J connectivity index is 2.12. The van der Waals surface area contributed by atoms with Crippen LogP contribution in [0.3, 0.4) is 0 Å². The molecule has 96 valence electrons. The van der Waals surface area contributed by atoms with Crippen LogP contribution in [0.15, 0.2) is 18.2 Å². The summed E-state index contributed by atoms with van der Waals surface area (Å²) in [6.45, 7) is 2.48. The fraction of sp³-hybridized carbons (Fsp3) is 0.385. The van der Waals surface area contributed by atoms with Crippen LogP contribution in [0.1, 0.15) is 28.8 Å². The van der Waals surface area contributed by atoms with Gasteiger partial charge in [0.1, 0.15) is 6.04 Å². The Morgan fingerprint density at radius 2 is 2.28 bits per heavy atom. The van der Waals surface area contributed by atoms with E-state index < -0.39 is 6.04 Å². The minimum absolute atomic E-state index is 0.115. The number of nitrogens with one attached hydrogen (secondary N) is 2. The van der Waals surface area contributed by atoms with Gasteiger partial charge in [0.05, 0.1) is 0 Å². The summed E-state index contributed by atoms with van der Waals surface area (Å²) in [5.41, 5.74) is 7.60. The van der Waals surface area contributed by atoms with Gasteiger partial charge in [0.2, 0.25) is 5.91 Å². The number of piperidine rings is 1. The minimum atomic E-state index is -0.438. The smallest absolute Gasteiger partial charge is 0.252 e. The van der Waals surface area contributed by atoms with Crippen LogP contribution in [0.2, 0.25) is 0 Å². The maximum absolute atomic E-state index is 12.1. The lowest BCUT2D eigenvalue weighted by atomic mass is 10.0. The molecule has 0 bridgehead atoms. The van der Waals surface area contributed by atoms with Gasteiger partial charge in [-0.1, -0.05) is 6.07 Å². The Hall–Kier alpha value is -2.04. The van der Waals surface area contributed by atoms with E-state index in [1.165, 1.54) is 0 Å². The number of carbonyl (C=O) groups excluding carboxylic acids is 2. The van der Waals surface area contributed by atoms with E-state index in [0.717, 1.165) is 12.0 Å². The summed E-state index contributed by atoms with van der Waals surface area (Å²) in [6, 6.07) is 4.76.